The fourth-order valence-electron chi connectivity index (χ4n) is 3.56. The number of rotatable bonds is 3. The lowest BCUT2D eigenvalue weighted by atomic mass is 10.0. The summed E-state index contributed by atoms with van der Waals surface area (Å²) in [7, 11) is 0. The number of benzene rings is 2. The Morgan fingerprint density at radius 1 is 1.16 bits per heavy atom. The summed E-state index contributed by atoms with van der Waals surface area (Å²) >= 11 is 4.72. The van der Waals surface area contributed by atoms with E-state index in [9.17, 15) is 22.4 Å². The molecule has 0 saturated heterocycles. The molecule has 2 aromatic carbocycles. The number of aromatic nitrogens is 1. The van der Waals surface area contributed by atoms with Gasteiger partial charge in [0.25, 0.3) is 0 Å². The van der Waals surface area contributed by atoms with Gasteiger partial charge >= 0.3 is 12.2 Å². The van der Waals surface area contributed by atoms with Gasteiger partial charge in [-0.25, -0.2) is 9.18 Å². The number of pyridine rings is 1. The van der Waals surface area contributed by atoms with Crippen molar-refractivity contribution < 1.29 is 22.4 Å². The number of fused-ring (bicyclic) bond motifs is 1. The van der Waals surface area contributed by atoms with Crippen LogP contribution in [0.1, 0.15) is 16.7 Å². The van der Waals surface area contributed by atoms with Crippen LogP contribution in [0.15, 0.2) is 54.9 Å². The fourth-order valence-corrected chi connectivity index (χ4v) is 3.76. The summed E-state index contributed by atoms with van der Waals surface area (Å²) in [6, 6.07) is 9.12. The zero-order chi connectivity index (χ0) is 22.2. The maximum Gasteiger partial charge on any atom is 0.417 e. The molecule has 0 aliphatic carbocycles. The largest absolute Gasteiger partial charge is 0.417 e. The number of carbonyl (C=O) groups excluding carboxylic acids is 1. The first-order valence-electron chi connectivity index (χ1n) is 9.25. The van der Waals surface area contributed by atoms with Gasteiger partial charge < -0.3 is 5.32 Å². The lowest BCUT2D eigenvalue weighted by molar-refractivity contribution is -0.137. The highest BCUT2D eigenvalue weighted by Crippen LogP contribution is 2.38. The molecule has 31 heavy (non-hydrogen) atoms. The second kappa shape index (κ2) is 8.07. The van der Waals surface area contributed by atoms with Gasteiger partial charge in [-0.15, -0.1) is 0 Å². The number of anilines is 2. The summed E-state index contributed by atoms with van der Waals surface area (Å²) in [5.74, 6) is -0.566. The Bertz CT molecular complexity index is 1170. The Morgan fingerprint density at radius 3 is 2.65 bits per heavy atom. The first-order valence-corrected chi connectivity index (χ1v) is 9.72. The van der Waals surface area contributed by atoms with Crippen molar-refractivity contribution in [3.05, 3.63) is 77.4 Å². The van der Waals surface area contributed by atoms with E-state index in [1.165, 1.54) is 17.0 Å². The van der Waals surface area contributed by atoms with Crippen LogP contribution in [0.4, 0.5) is 33.7 Å². The van der Waals surface area contributed by atoms with E-state index >= 15 is 0 Å². The Kier molecular flexibility index (Phi) is 5.45. The van der Waals surface area contributed by atoms with E-state index in [0.29, 0.717) is 23.1 Å². The zero-order valence-corrected chi connectivity index (χ0v) is 16.7. The van der Waals surface area contributed by atoms with E-state index in [1.807, 2.05) is 0 Å². The summed E-state index contributed by atoms with van der Waals surface area (Å²) in [5.41, 5.74) is 1.11. The van der Waals surface area contributed by atoms with Crippen LogP contribution in [0.2, 0.25) is 0 Å². The van der Waals surface area contributed by atoms with Crippen LogP contribution in [0.3, 0.4) is 0 Å². The third kappa shape index (κ3) is 4.27. The Labute approximate surface area is 180 Å². The molecule has 2 amide bonds. The van der Waals surface area contributed by atoms with E-state index in [4.69, 9.17) is 12.2 Å². The summed E-state index contributed by atoms with van der Waals surface area (Å²) in [5, 5.41) is 3.56. The quantitative estimate of drug-likeness (QED) is 0.406. The number of nitrogens with zero attached hydrogens (tertiary/aromatic N) is 2. The SMILES string of the molecule is O=C(Nc1cc(F)cc(-c2cccnc2)c1)N1CCc2cc(C=S)c(C(F)(F)F)cc21. The highest BCUT2D eigenvalue weighted by atomic mass is 32.1. The normalized spacial score (nSPS) is 13.1. The van der Waals surface area contributed by atoms with Gasteiger partial charge in [0.05, 0.1) is 5.56 Å². The molecular formula is C22H15F4N3OS. The summed E-state index contributed by atoms with van der Waals surface area (Å²) in [6.45, 7) is 0.199. The zero-order valence-electron chi connectivity index (χ0n) is 15.9. The molecule has 0 unspecified atom stereocenters. The smallest absolute Gasteiger partial charge is 0.307 e. The number of alkyl halides is 3. The van der Waals surface area contributed by atoms with Crippen LogP contribution in [-0.2, 0) is 12.6 Å². The lowest BCUT2D eigenvalue weighted by Crippen LogP contribution is -2.33. The molecule has 1 aromatic heterocycles. The molecule has 0 saturated carbocycles. The molecule has 0 atom stereocenters. The molecule has 0 spiro atoms. The molecule has 1 aliphatic rings. The van der Waals surface area contributed by atoms with Crippen LogP contribution in [0.5, 0.6) is 0 Å². The average Bonchev–Trinajstić information content (AvgIpc) is 3.15. The molecular weight excluding hydrogens is 430 g/mol. The van der Waals surface area contributed by atoms with Crippen molar-refractivity contribution in [2.45, 2.75) is 12.6 Å². The van der Waals surface area contributed by atoms with Crippen molar-refractivity contribution in [2.75, 3.05) is 16.8 Å². The van der Waals surface area contributed by atoms with E-state index in [0.717, 1.165) is 17.5 Å². The maximum atomic E-state index is 14.1. The number of nitrogens with one attached hydrogen (secondary N) is 1. The third-order valence-electron chi connectivity index (χ3n) is 4.97. The molecule has 0 fully saturated rings. The van der Waals surface area contributed by atoms with E-state index in [-0.39, 0.29) is 23.5 Å². The number of thiocarbonyl (C=S) groups is 1. The summed E-state index contributed by atoms with van der Waals surface area (Å²) < 4.78 is 54.3. The predicted molar refractivity (Wildman–Crippen MR) is 114 cm³/mol. The number of hydrogen-bond acceptors (Lipinski definition) is 3. The first kappa shape index (κ1) is 20.9. The number of urea groups is 1. The Hall–Kier alpha value is -3.33. The average molecular weight is 445 g/mol. The van der Waals surface area contributed by atoms with Crippen LogP contribution >= 0.6 is 12.2 Å². The standard InChI is InChI=1S/C22H15F4N3OS/c23-17-7-15(14-2-1-4-27-11-14)8-18(9-17)28-21(30)29-5-3-13-6-16(12-31)19(10-20(13)29)22(24,25)26/h1-2,4,6-12H,3,5H2,(H,28,30). The molecule has 1 N–H and O–H groups in total. The Balaban J connectivity index is 1.63. The van der Waals surface area contributed by atoms with Crippen molar-refractivity contribution in [1.82, 2.24) is 4.98 Å². The summed E-state index contributed by atoms with van der Waals surface area (Å²) in [6.07, 6.45) is -1.07. The molecule has 9 heteroatoms. The van der Waals surface area contributed by atoms with Crippen LogP contribution in [0.25, 0.3) is 11.1 Å². The van der Waals surface area contributed by atoms with Crippen LogP contribution in [0, 0.1) is 5.82 Å². The minimum Gasteiger partial charge on any atom is -0.307 e. The van der Waals surface area contributed by atoms with Crippen molar-refractivity contribution in [2.24, 2.45) is 0 Å². The lowest BCUT2D eigenvalue weighted by Gasteiger charge is -2.20. The van der Waals surface area contributed by atoms with Gasteiger partial charge in [0, 0.05) is 41.2 Å². The van der Waals surface area contributed by atoms with Gasteiger partial charge in [-0.2, -0.15) is 13.2 Å². The van der Waals surface area contributed by atoms with E-state index < -0.39 is 23.6 Å². The number of hydrogen-bond donors (Lipinski definition) is 1. The van der Waals surface area contributed by atoms with Crippen LogP contribution in [-0.4, -0.2) is 22.9 Å². The van der Waals surface area contributed by atoms with Gasteiger partial charge in [-0.1, -0.05) is 18.3 Å². The molecule has 0 bridgehead atoms. The molecule has 3 aromatic rings. The van der Waals surface area contributed by atoms with E-state index in [1.54, 1.807) is 30.6 Å². The van der Waals surface area contributed by atoms with E-state index in [2.05, 4.69) is 10.3 Å². The van der Waals surface area contributed by atoms with Crippen molar-refractivity contribution in [3.63, 3.8) is 0 Å². The van der Waals surface area contributed by atoms with Gasteiger partial charge in [0.15, 0.2) is 0 Å². The van der Waals surface area contributed by atoms with Crippen molar-refractivity contribution in [1.29, 1.82) is 0 Å². The topological polar surface area (TPSA) is 45.2 Å². The molecule has 1 aliphatic heterocycles. The number of halogens is 4. The Morgan fingerprint density at radius 2 is 1.97 bits per heavy atom. The van der Waals surface area contributed by atoms with Gasteiger partial charge in [-0.3, -0.25) is 9.88 Å². The second-order valence-electron chi connectivity index (χ2n) is 6.99. The maximum absolute atomic E-state index is 14.1. The van der Waals surface area contributed by atoms with Crippen LogP contribution < -0.4 is 10.2 Å². The summed E-state index contributed by atoms with van der Waals surface area (Å²) in [4.78, 5) is 18.0. The molecule has 0 radical (unpaired) electrons. The molecule has 4 nitrogen and oxygen atoms in total. The number of amides is 2. The fraction of sp³-hybridized carbons (Fsp3) is 0.136. The van der Waals surface area contributed by atoms with Crippen molar-refractivity contribution >= 4 is 35.0 Å². The van der Waals surface area contributed by atoms with Gasteiger partial charge in [-0.05, 0) is 59.5 Å². The van der Waals surface area contributed by atoms with Crippen molar-refractivity contribution in [3.8, 4) is 11.1 Å². The highest BCUT2D eigenvalue weighted by Gasteiger charge is 2.36. The monoisotopic (exact) mass is 445 g/mol. The predicted octanol–water partition coefficient (Wildman–Crippen LogP) is 5.85. The molecule has 2 heterocycles. The second-order valence-corrected chi connectivity index (χ2v) is 7.22. The molecule has 4 rings (SSSR count). The number of carbonyl (C=O) groups is 1. The minimum atomic E-state index is -4.61. The van der Waals surface area contributed by atoms with Gasteiger partial charge in [0.1, 0.15) is 5.82 Å². The highest BCUT2D eigenvalue weighted by molar-refractivity contribution is 7.79. The first-order chi connectivity index (χ1) is 14.8. The molecule has 158 valence electrons. The third-order valence-corrected chi connectivity index (χ3v) is 5.22. The minimum absolute atomic E-state index is 0.102. The van der Waals surface area contributed by atoms with Gasteiger partial charge in [0.2, 0.25) is 0 Å².